The predicted octanol–water partition coefficient (Wildman–Crippen LogP) is 0.606. The highest BCUT2D eigenvalue weighted by atomic mass is 19.1. The van der Waals surface area contributed by atoms with Gasteiger partial charge < -0.3 is 15.5 Å². The average molecular weight is 213 g/mol. The van der Waals surface area contributed by atoms with Gasteiger partial charge in [0.1, 0.15) is 5.82 Å². The van der Waals surface area contributed by atoms with Crippen molar-refractivity contribution in [3.8, 4) is 0 Å². The number of halogens is 1. The molecular weight excluding hydrogens is 201 g/mol. The van der Waals surface area contributed by atoms with Crippen LogP contribution in [0.15, 0.2) is 18.2 Å². The number of aliphatic hydroxyl groups is 1. The summed E-state index contributed by atoms with van der Waals surface area (Å²) in [7, 11) is 0. The van der Waals surface area contributed by atoms with Crippen LogP contribution in [0, 0.1) is 5.82 Å². The van der Waals surface area contributed by atoms with E-state index in [1.807, 2.05) is 0 Å². The zero-order valence-corrected chi connectivity index (χ0v) is 8.03. The van der Waals surface area contributed by atoms with Gasteiger partial charge in [0.2, 0.25) is 0 Å². The minimum absolute atomic E-state index is 0.0414. The molecule has 82 valence electrons. The van der Waals surface area contributed by atoms with Gasteiger partial charge in [-0.05, 0) is 18.2 Å². The summed E-state index contributed by atoms with van der Waals surface area (Å²) in [5.74, 6) is -1.54. The second-order valence-electron chi connectivity index (χ2n) is 3.01. The van der Waals surface area contributed by atoms with Crippen LogP contribution in [-0.4, -0.2) is 29.3 Å². The molecule has 1 aromatic rings. The second kappa shape index (κ2) is 5.43. The third-order valence-corrected chi connectivity index (χ3v) is 1.90. The zero-order valence-electron chi connectivity index (χ0n) is 8.03. The Labute approximate surface area is 86.4 Å². The Morgan fingerprint density at radius 3 is 2.80 bits per heavy atom. The van der Waals surface area contributed by atoms with Crippen LogP contribution in [0.3, 0.4) is 0 Å². The van der Waals surface area contributed by atoms with Crippen molar-refractivity contribution in [3.05, 3.63) is 35.1 Å². The molecule has 0 aliphatic rings. The van der Waals surface area contributed by atoms with Gasteiger partial charge in [-0.1, -0.05) is 0 Å². The van der Waals surface area contributed by atoms with Crippen molar-refractivity contribution >= 4 is 5.97 Å². The maximum Gasteiger partial charge on any atom is 0.335 e. The summed E-state index contributed by atoms with van der Waals surface area (Å²) in [5, 5.41) is 20.0. The fourth-order valence-electron chi connectivity index (χ4n) is 1.15. The normalized spacial score (nSPS) is 10.3. The quantitative estimate of drug-likeness (QED) is 0.627. The van der Waals surface area contributed by atoms with Gasteiger partial charge >= 0.3 is 5.97 Å². The Balaban J connectivity index is 2.76. The SMILES string of the molecule is O=C(O)c1ccc(F)c(CNCCO)c1. The number of aromatic carboxylic acids is 1. The topological polar surface area (TPSA) is 69.6 Å². The molecule has 3 N–H and O–H groups in total. The van der Waals surface area contributed by atoms with Crippen molar-refractivity contribution in [1.82, 2.24) is 5.32 Å². The van der Waals surface area contributed by atoms with E-state index in [9.17, 15) is 9.18 Å². The monoisotopic (exact) mass is 213 g/mol. The van der Waals surface area contributed by atoms with Crippen LogP contribution in [-0.2, 0) is 6.54 Å². The Hall–Kier alpha value is -1.46. The van der Waals surface area contributed by atoms with Crippen LogP contribution in [0.25, 0.3) is 0 Å². The smallest absolute Gasteiger partial charge is 0.335 e. The molecule has 0 saturated heterocycles. The Bertz CT molecular complexity index is 355. The molecule has 0 radical (unpaired) electrons. The fraction of sp³-hybridized carbons (Fsp3) is 0.300. The zero-order chi connectivity index (χ0) is 11.3. The van der Waals surface area contributed by atoms with Gasteiger partial charge in [-0.3, -0.25) is 0 Å². The van der Waals surface area contributed by atoms with E-state index >= 15 is 0 Å². The standard InChI is InChI=1S/C10H12FNO3/c11-9-2-1-7(10(14)15)5-8(9)6-12-3-4-13/h1-2,5,12-13H,3-4,6H2,(H,14,15). The number of rotatable bonds is 5. The number of carbonyl (C=O) groups is 1. The van der Waals surface area contributed by atoms with Crippen molar-refractivity contribution in [3.63, 3.8) is 0 Å². The van der Waals surface area contributed by atoms with Crippen LogP contribution in [0.5, 0.6) is 0 Å². The minimum Gasteiger partial charge on any atom is -0.478 e. The summed E-state index contributed by atoms with van der Waals surface area (Å²) in [4.78, 5) is 10.6. The lowest BCUT2D eigenvalue weighted by Crippen LogP contribution is -2.18. The van der Waals surface area contributed by atoms with Gasteiger partial charge in [-0.2, -0.15) is 0 Å². The minimum atomic E-state index is -1.08. The third kappa shape index (κ3) is 3.30. The maximum atomic E-state index is 13.2. The van der Waals surface area contributed by atoms with Gasteiger partial charge in [-0.25, -0.2) is 9.18 Å². The summed E-state index contributed by atoms with van der Waals surface area (Å²) in [6, 6.07) is 3.62. The maximum absolute atomic E-state index is 13.2. The van der Waals surface area contributed by atoms with Crippen LogP contribution in [0.2, 0.25) is 0 Å². The van der Waals surface area contributed by atoms with Crippen molar-refractivity contribution in [2.45, 2.75) is 6.54 Å². The van der Waals surface area contributed by atoms with Crippen LogP contribution < -0.4 is 5.32 Å². The summed E-state index contributed by atoms with van der Waals surface area (Å²) in [6.45, 7) is 0.504. The Morgan fingerprint density at radius 1 is 1.47 bits per heavy atom. The summed E-state index contributed by atoms with van der Waals surface area (Å²) in [5.41, 5.74) is 0.334. The summed E-state index contributed by atoms with van der Waals surface area (Å²) >= 11 is 0. The van der Waals surface area contributed by atoms with Crippen molar-refractivity contribution in [1.29, 1.82) is 0 Å². The van der Waals surface area contributed by atoms with E-state index in [1.54, 1.807) is 0 Å². The first kappa shape index (κ1) is 11.6. The molecule has 0 aliphatic carbocycles. The van der Waals surface area contributed by atoms with E-state index < -0.39 is 11.8 Å². The van der Waals surface area contributed by atoms with Crippen molar-refractivity contribution in [2.75, 3.05) is 13.2 Å². The molecule has 0 unspecified atom stereocenters. The van der Waals surface area contributed by atoms with E-state index in [0.29, 0.717) is 6.54 Å². The highest BCUT2D eigenvalue weighted by Gasteiger charge is 2.07. The molecule has 0 aromatic heterocycles. The predicted molar refractivity (Wildman–Crippen MR) is 52.2 cm³/mol. The Kier molecular flexibility index (Phi) is 4.20. The molecule has 5 heteroatoms. The number of nitrogens with one attached hydrogen (secondary N) is 1. The van der Waals surface area contributed by atoms with Gasteiger partial charge in [0, 0.05) is 18.7 Å². The van der Waals surface area contributed by atoms with E-state index in [0.717, 1.165) is 6.07 Å². The lowest BCUT2D eigenvalue weighted by Gasteiger charge is -2.05. The van der Waals surface area contributed by atoms with Crippen molar-refractivity contribution in [2.24, 2.45) is 0 Å². The third-order valence-electron chi connectivity index (χ3n) is 1.90. The van der Waals surface area contributed by atoms with Gasteiger partial charge in [0.15, 0.2) is 0 Å². The van der Waals surface area contributed by atoms with E-state index in [2.05, 4.69) is 5.32 Å². The molecule has 0 atom stereocenters. The first-order valence-electron chi connectivity index (χ1n) is 4.48. The lowest BCUT2D eigenvalue weighted by atomic mass is 10.1. The molecule has 4 nitrogen and oxygen atoms in total. The highest BCUT2D eigenvalue weighted by Crippen LogP contribution is 2.10. The van der Waals surface area contributed by atoms with E-state index in [-0.39, 0.29) is 24.3 Å². The molecule has 0 saturated carbocycles. The van der Waals surface area contributed by atoms with Crippen LogP contribution >= 0.6 is 0 Å². The summed E-state index contributed by atoms with van der Waals surface area (Å²) < 4.78 is 13.2. The van der Waals surface area contributed by atoms with Crippen LogP contribution in [0.1, 0.15) is 15.9 Å². The lowest BCUT2D eigenvalue weighted by molar-refractivity contribution is 0.0696. The van der Waals surface area contributed by atoms with E-state index in [1.165, 1.54) is 12.1 Å². The number of hydrogen-bond donors (Lipinski definition) is 3. The first-order valence-corrected chi connectivity index (χ1v) is 4.48. The van der Waals surface area contributed by atoms with Crippen molar-refractivity contribution < 1.29 is 19.4 Å². The Morgan fingerprint density at radius 2 is 2.20 bits per heavy atom. The molecule has 0 aliphatic heterocycles. The second-order valence-corrected chi connectivity index (χ2v) is 3.01. The molecular formula is C10H12FNO3. The molecule has 0 fully saturated rings. The van der Waals surface area contributed by atoms with Crippen LogP contribution in [0.4, 0.5) is 4.39 Å². The van der Waals surface area contributed by atoms with Gasteiger partial charge in [0.25, 0.3) is 0 Å². The summed E-state index contributed by atoms with van der Waals surface area (Å²) in [6.07, 6.45) is 0. The molecule has 15 heavy (non-hydrogen) atoms. The molecule has 0 amide bonds. The molecule has 0 heterocycles. The molecule has 0 bridgehead atoms. The fourth-order valence-corrected chi connectivity index (χ4v) is 1.15. The van der Waals surface area contributed by atoms with Gasteiger partial charge in [0.05, 0.1) is 12.2 Å². The highest BCUT2D eigenvalue weighted by molar-refractivity contribution is 5.87. The number of aliphatic hydroxyl groups excluding tert-OH is 1. The largest absolute Gasteiger partial charge is 0.478 e. The first-order chi connectivity index (χ1) is 7.15. The number of carboxylic acids is 1. The average Bonchev–Trinajstić information content (AvgIpc) is 2.20. The number of carboxylic acid groups (broad SMARTS) is 1. The van der Waals surface area contributed by atoms with Gasteiger partial charge in [-0.15, -0.1) is 0 Å². The van der Waals surface area contributed by atoms with E-state index in [4.69, 9.17) is 10.2 Å². The molecule has 1 aromatic carbocycles. The number of hydrogen-bond acceptors (Lipinski definition) is 3. The number of benzene rings is 1. The molecule has 1 rings (SSSR count). The molecule has 0 spiro atoms.